The summed E-state index contributed by atoms with van der Waals surface area (Å²) in [6, 6.07) is 14.4. The number of morpholine rings is 1. The number of aryl methyl sites for hydroxylation is 2. The summed E-state index contributed by atoms with van der Waals surface area (Å²) in [6.07, 6.45) is 3.04. The van der Waals surface area contributed by atoms with Crippen molar-refractivity contribution < 1.29 is 14.3 Å². The second-order valence-corrected chi connectivity index (χ2v) is 9.84. The van der Waals surface area contributed by atoms with Crippen LogP contribution < -0.4 is 0 Å². The van der Waals surface area contributed by atoms with Crippen LogP contribution in [-0.2, 0) is 41.9 Å². The molecular weight excluding hydrogens is 448 g/mol. The molecule has 2 aliphatic heterocycles. The van der Waals surface area contributed by atoms with E-state index in [-0.39, 0.29) is 11.8 Å². The molecular formula is C26H30N4O3S. The second kappa shape index (κ2) is 10.5. The van der Waals surface area contributed by atoms with Crippen molar-refractivity contribution >= 4 is 23.2 Å². The number of amides is 2. The van der Waals surface area contributed by atoms with Crippen LogP contribution in [0, 0.1) is 0 Å². The maximum Gasteiger partial charge on any atom is 0.274 e. The van der Waals surface area contributed by atoms with Gasteiger partial charge in [0.15, 0.2) is 5.69 Å². The highest BCUT2D eigenvalue weighted by Gasteiger charge is 2.32. The quantitative estimate of drug-likeness (QED) is 0.523. The van der Waals surface area contributed by atoms with E-state index in [0.717, 1.165) is 41.9 Å². The Morgan fingerprint density at radius 1 is 1.00 bits per heavy atom. The van der Waals surface area contributed by atoms with Gasteiger partial charge in [0, 0.05) is 55.3 Å². The normalized spacial score (nSPS) is 15.9. The maximum absolute atomic E-state index is 13.4. The first-order valence-electron chi connectivity index (χ1n) is 12.0. The van der Waals surface area contributed by atoms with Gasteiger partial charge >= 0.3 is 0 Å². The number of aromatic nitrogens is 2. The molecule has 178 valence electrons. The Kier molecular flexibility index (Phi) is 7.06. The van der Waals surface area contributed by atoms with Crippen molar-refractivity contribution in [3.8, 4) is 0 Å². The largest absolute Gasteiger partial charge is 0.378 e. The van der Waals surface area contributed by atoms with E-state index < -0.39 is 0 Å². The van der Waals surface area contributed by atoms with Crippen LogP contribution in [-0.4, -0.2) is 64.2 Å². The average Bonchev–Trinajstić information content (AvgIpc) is 3.52. The van der Waals surface area contributed by atoms with E-state index in [1.165, 1.54) is 5.56 Å². The van der Waals surface area contributed by atoms with Crippen molar-refractivity contribution in [2.45, 2.75) is 38.8 Å². The zero-order chi connectivity index (χ0) is 23.3. The number of thiophene rings is 1. The Morgan fingerprint density at radius 3 is 2.59 bits per heavy atom. The lowest BCUT2D eigenvalue weighted by Crippen LogP contribution is -2.42. The van der Waals surface area contributed by atoms with Crippen LogP contribution in [0.25, 0.3) is 0 Å². The Hall–Kier alpha value is -2.97. The Labute approximate surface area is 203 Å². The standard InChI is InChI=1S/C26H30N4O3S/c31-24(18-21-9-5-17-34-21)29-12-10-23-22(19-29)25(26(32)28-13-15-33-16-14-28)27-30(23)11-4-8-20-6-2-1-3-7-20/h1-3,5-7,9,17H,4,8,10-16,18-19H2. The molecule has 34 heavy (non-hydrogen) atoms. The monoisotopic (exact) mass is 478 g/mol. The minimum absolute atomic E-state index is 0.0473. The molecule has 8 heteroatoms. The Morgan fingerprint density at radius 2 is 1.82 bits per heavy atom. The smallest absolute Gasteiger partial charge is 0.274 e. The molecule has 1 aromatic carbocycles. The van der Waals surface area contributed by atoms with Gasteiger partial charge in [-0.05, 0) is 29.9 Å². The molecule has 0 atom stereocenters. The summed E-state index contributed by atoms with van der Waals surface area (Å²) >= 11 is 1.60. The number of ether oxygens (including phenoxy) is 1. The van der Waals surface area contributed by atoms with Gasteiger partial charge in [-0.15, -0.1) is 11.3 Å². The topological polar surface area (TPSA) is 67.7 Å². The van der Waals surface area contributed by atoms with Crippen molar-refractivity contribution in [2.75, 3.05) is 32.8 Å². The first kappa shape index (κ1) is 22.8. The number of hydrogen-bond acceptors (Lipinski definition) is 5. The van der Waals surface area contributed by atoms with Crippen molar-refractivity contribution in [1.82, 2.24) is 19.6 Å². The number of carbonyl (C=O) groups excluding carboxylic acids is 2. The predicted molar refractivity (Wildman–Crippen MR) is 131 cm³/mol. The van der Waals surface area contributed by atoms with E-state index >= 15 is 0 Å². The molecule has 0 saturated carbocycles. The van der Waals surface area contributed by atoms with Gasteiger partial charge in [-0.1, -0.05) is 36.4 Å². The number of benzene rings is 1. The molecule has 0 radical (unpaired) electrons. The number of fused-ring (bicyclic) bond motifs is 1. The third-order valence-corrected chi connectivity index (χ3v) is 7.45. The molecule has 5 rings (SSSR count). The summed E-state index contributed by atoms with van der Waals surface area (Å²) in [5.41, 5.74) is 3.83. The Balaban J connectivity index is 1.35. The van der Waals surface area contributed by atoms with Gasteiger partial charge in [0.05, 0.1) is 19.6 Å². The van der Waals surface area contributed by atoms with E-state index in [4.69, 9.17) is 9.84 Å². The van der Waals surface area contributed by atoms with Gasteiger partial charge in [0.1, 0.15) is 0 Å². The van der Waals surface area contributed by atoms with Crippen LogP contribution in [0.3, 0.4) is 0 Å². The van der Waals surface area contributed by atoms with E-state index in [0.29, 0.717) is 51.5 Å². The van der Waals surface area contributed by atoms with Crippen molar-refractivity contribution in [3.05, 3.63) is 75.2 Å². The van der Waals surface area contributed by atoms with Crippen LogP contribution in [0.1, 0.15) is 38.6 Å². The van der Waals surface area contributed by atoms with Crippen LogP contribution in [0.4, 0.5) is 0 Å². The molecule has 2 aromatic heterocycles. The van der Waals surface area contributed by atoms with Crippen molar-refractivity contribution in [1.29, 1.82) is 0 Å². The summed E-state index contributed by atoms with van der Waals surface area (Å²) < 4.78 is 7.45. The summed E-state index contributed by atoms with van der Waals surface area (Å²) in [4.78, 5) is 31.2. The Bertz CT molecular complexity index is 1120. The lowest BCUT2D eigenvalue weighted by Gasteiger charge is -2.29. The fourth-order valence-electron chi connectivity index (χ4n) is 4.73. The van der Waals surface area contributed by atoms with Gasteiger partial charge in [-0.3, -0.25) is 14.3 Å². The van der Waals surface area contributed by atoms with Gasteiger partial charge < -0.3 is 14.5 Å². The van der Waals surface area contributed by atoms with Crippen LogP contribution in [0.15, 0.2) is 47.8 Å². The highest BCUT2D eigenvalue weighted by molar-refractivity contribution is 7.10. The fourth-order valence-corrected chi connectivity index (χ4v) is 5.42. The minimum atomic E-state index is -0.0473. The van der Waals surface area contributed by atoms with E-state index in [9.17, 15) is 9.59 Å². The third kappa shape index (κ3) is 5.08. The fraction of sp³-hybridized carbons (Fsp3) is 0.423. The van der Waals surface area contributed by atoms with Gasteiger partial charge in [-0.25, -0.2) is 0 Å². The molecule has 1 fully saturated rings. The summed E-state index contributed by atoms with van der Waals surface area (Å²) in [6.45, 7) is 4.13. The van der Waals surface area contributed by atoms with E-state index in [1.54, 1.807) is 11.3 Å². The molecule has 2 amide bonds. The summed E-state index contributed by atoms with van der Waals surface area (Å²) in [5.74, 6) is 0.0589. The molecule has 0 bridgehead atoms. The van der Waals surface area contributed by atoms with Gasteiger partial charge in [0.2, 0.25) is 5.91 Å². The molecule has 0 aliphatic carbocycles. The highest BCUT2D eigenvalue weighted by atomic mass is 32.1. The highest BCUT2D eigenvalue weighted by Crippen LogP contribution is 2.26. The summed E-state index contributed by atoms with van der Waals surface area (Å²) in [7, 11) is 0. The first-order chi connectivity index (χ1) is 16.7. The lowest BCUT2D eigenvalue weighted by atomic mass is 10.0. The molecule has 0 unspecified atom stereocenters. The number of hydrogen-bond donors (Lipinski definition) is 0. The number of rotatable bonds is 7. The molecule has 4 heterocycles. The molecule has 0 N–H and O–H groups in total. The molecule has 0 spiro atoms. The molecule has 1 saturated heterocycles. The number of nitrogens with zero attached hydrogens (tertiary/aromatic N) is 4. The molecule has 2 aliphatic rings. The predicted octanol–water partition coefficient (Wildman–Crippen LogP) is 3.18. The van der Waals surface area contributed by atoms with Crippen LogP contribution >= 0.6 is 11.3 Å². The zero-order valence-electron chi connectivity index (χ0n) is 19.3. The SMILES string of the molecule is O=C(Cc1cccs1)N1CCc2c(c(C(=O)N3CCOCC3)nn2CCCc2ccccc2)C1. The minimum Gasteiger partial charge on any atom is -0.378 e. The average molecular weight is 479 g/mol. The third-order valence-electron chi connectivity index (χ3n) is 6.57. The first-order valence-corrected chi connectivity index (χ1v) is 12.9. The molecule has 3 aromatic rings. The lowest BCUT2D eigenvalue weighted by molar-refractivity contribution is -0.131. The zero-order valence-corrected chi connectivity index (χ0v) is 20.1. The molecule has 7 nitrogen and oxygen atoms in total. The van der Waals surface area contributed by atoms with Crippen molar-refractivity contribution in [3.63, 3.8) is 0 Å². The number of carbonyl (C=O) groups is 2. The van der Waals surface area contributed by atoms with Crippen LogP contribution in [0.2, 0.25) is 0 Å². The summed E-state index contributed by atoms with van der Waals surface area (Å²) in [5, 5.41) is 6.81. The van der Waals surface area contributed by atoms with Crippen molar-refractivity contribution in [2.24, 2.45) is 0 Å². The van der Waals surface area contributed by atoms with Gasteiger partial charge in [-0.2, -0.15) is 5.10 Å². The maximum atomic E-state index is 13.4. The van der Waals surface area contributed by atoms with Gasteiger partial charge in [0.25, 0.3) is 5.91 Å². The van der Waals surface area contributed by atoms with E-state index in [2.05, 4.69) is 24.3 Å². The van der Waals surface area contributed by atoms with Crippen LogP contribution in [0.5, 0.6) is 0 Å². The second-order valence-electron chi connectivity index (χ2n) is 8.81. The van der Waals surface area contributed by atoms with E-state index in [1.807, 2.05) is 38.1 Å².